The number of halogens is 1. The van der Waals surface area contributed by atoms with Crippen molar-refractivity contribution < 1.29 is 0 Å². The summed E-state index contributed by atoms with van der Waals surface area (Å²) in [5.74, 6) is 1.60. The van der Waals surface area contributed by atoms with Crippen molar-refractivity contribution in [3.63, 3.8) is 0 Å². The Hall–Kier alpha value is -2.52. The molecular formula is C23H28BrN7O. The molecule has 0 aliphatic carbocycles. The Balaban J connectivity index is 1.44. The summed E-state index contributed by atoms with van der Waals surface area (Å²) in [5.41, 5.74) is 2.36. The van der Waals surface area contributed by atoms with E-state index in [2.05, 4.69) is 78.3 Å². The average Bonchev–Trinajstić information content (AvgIpc) is 3.42. The van der Waals surface area contributed by atoms with E-state index in [0.717, 1.165) is 64.1 Å². The fraction of sp³-hybridized carbons (Fsp3) is 0.478. The van der Waals surface area contributed by atoms with E-state index in [0.29, 0.717) is 21.7 Å². The second kappa shape index (κ2) is 9.15. The minimum Gasteiger partial charge on any atom is -0.327 e. The van der Waals surface area contributed by atoms with Gasteiger partial charge in [-0.25, -0.2) is 9.38 Å². The standard InChI is InChI=1S/C23H28BrN7O/c1-2-3-7-12-30-20-18(25-22(24)26-20)21(32)31-19(27-28-23(30)31)17-10-13-29(14-11-17)15-16-8-5-4-6-9-16/h4-6,8-9,17H,2-3,7,10-15H2,1H3,(H,25,26). The van der Waals surface area contributed by atoms with Gasteiger partial charge >= 0.3 is 0 Å². The maximum Gasteiger partial charge on any atom is 0.286 e. The molecule has 8 nitrogen and oxygen atoms in total. The van der Waals surface area contributed by atoms with Gasteiger partial charge in [-0.05, 0) is 53.8 Å². The van der Waals surface area contributed by atoms with E-state index < -0.39 is 0 Å². The molecule has 0 radical (unpaired) electrons. The zero-order valence-corrected chi connectivity index (χ0v) is 19.9. The number of piperidine rings is 1. The van der Waals surface area contributed by atoms with Crippen molar-refractivity contribution in [2.45, 2.75) is 58.0 Å². The first-order valence-electron chi connectivity index (χ1n) is 11.4. The summed E-state index contributed by atoms with van der Waals surface area (Å²) in [4.78, 5) is 23.5. The second-order valence-electron chi connectivity index (χ2n) is 8.62. The van der Waals surface area contributed by atoms with E-state index in [1.807, 2.05) is 4.57 Å². The zero-order chi connectivity index (χ0) is 22.1. The van der Waals surface area contributed by atoms with E-state index in [1.165, 1.54) is 5.56 Å². The predicted molar refractivity (Wildman–Crippen MR) is 128 cm³/mol. The third-order valence-corrected chi connectivity index (χ3v) is 6.80. The van der Waals surface area contributed by atoms with Crippen LogP contribution in [0.1, 0.15) is 56.3 Å². The molecule has 1 saturated heterocycles. The number of hydrogen-bond acceptors (Lipinski definition) is 5. The van der Waals surface area contributed by atoms with Gasteiger partial charge in [0.15, 0.2) is 15.9 Å². The van der Waals surface area contributed by atoms with Crippen molar-refractivity contribution in [1.82, 2.24) is 34.0 Å². The van der Waals surface area contributed by atoms with Gasteiger partial charge in [-0.15, -0.1) is 10.2 Å². The number of aryl methyl sites for hydroxylation is 1. The summed E-state index contributed by atoms with van der Waals surface area (Å²) < 4.78 is 4.32. The summed E-state index contributed by atoms with van der Waals surface area (Å²) in [7, 11) is 0. The van der Waals surface area contributed by atoms with E-state index in [4.69, 9.17) is 0 Å². The van der Waals surface area contributed by atoms with E-state index in [9.17, 15) is 4.79 Å². The number of nitrogens with one attached hydrogen (secondary N) is 1. The van der Waals surface area contributed by atoms with Gasteiger partial charge in [0.25, 0.3) is 5.56 Å². The topological polar surface area (TPSA) is 84.1 Å². The van der Waals surface area contributed by atoms with Crippen LogP contribution in [-0.2, 0) is 13.1 Å². The maximum absolute atomic E-state index is 13.4. The van der Waals surface area contributed by atoms with Crippen LogP contribution in [-0.4, -0.2) is 47.1 Å². The number of likely N-dealkylation sites (tertiary alicyclic amines) is 1. The molecule has 1 N–H and O–H groups in total. The third kappa shape index (κ3) is 3.99. The third-order valence-electron chi connectivity index (χ3n) is 6.43. The molecule has 0 saturated carbocycles. The van der Waals surface area contributed by atoms with Gasteiger partial charge in [0.1, 0.15) is 5.82 Å². The summed E-state index contributed by atoms with van der Waals surface area (Å²) in [6.45, 7) is 5.87. The number of hydrogen-bond donors (Lipinski definition) is 1. The number of H-pyrrole nitrogens is 1. The van der Waals surface area contributed by atoms with E-state index >= 15 is 0 Å². The monoisotopic (exact) mass is 497 g/mol. The van der Waals surface area contributed by atoms with Crippen molar-refractivity contribution in [3.8, 4) is 0 Å². The Bertz CT molecular complexity index is 1270. The minimum atomic E-state index is -0.119. The lowest BCUT2D eigenvalue weighted by Gasteiger charge is -2.31. The van der Waals surface area contributed by atoms with Crippen LogP contribution in [0.5, 0.6) is 0 Å². The molecular weight excluding hydrogens is 470 g/mol. The van der Waals surface area contributed by atoms with Crippen LogP contribution in [0, 0.1) is 0 Å². The SMILES string of the molecule is CCCCCn1c2nc(Br)[nH]c2c(=O)n2c(C3CCN(Cc4ccccc4)CC3)nnc12. The zero-order valence-electron chi connectivity index (χ0n) is 18.3. The number of nitrogens with zero attached hydrogens (tertiary/aromatic N) is 6. The molecule has 4 heterocycles. The van der Waals surface area contributed by atoms with Gasteiger partial charge in [0, 0.05) is 19.0 Å². The number of benzene rings is 1. The lowest BCUT2D eigenvalue weighted by molar-refractivity contribution is 0.201. The quantitative estimate of drug-likeness (QED) is 0.307. The van der Waals surface area contributed by atoms with Crippen LogP contribution in [0.25, 0.3) is 16.9 Å². The number of rotatable bonds is 7. The first-order valence-corrected chi connectivity index (χ1v) is 12.2. The molecule has 0 atom stereocenters. The Morgan fingerprint density at radius 3 is 2.66 bits per heavy atom. The molecule has 3 aromatic heterocycles. The number of aromatic nitrogens is 6. The molecule has 1 fully saturated rings. The molecule has 9 heteroatoms. The highest BCUT2D eigenvalue weighted by molar-refractivity contribution is 9.10. The molecule has 1 aromatic carbocycles. The molecule has 4 aromatic rings. The van der Waals surface area contributed by atoms with Crippen molar-refractivity contribution in [2.75, 3.05) is 13.1 Å². The summed E-state index contributed by atoms with van der Waals surface area (Å²) >= 11 is 3.39. The van der Waals surface area contributed by atoms with Gasteiger partial charge in [-0.1, -0.05) is 50.1 Å². The van der Waals surface area contributed by atoms with Crippen molar-refractivity contribution in [2.24, 2.45) is 0 Å². The van der Waals surface area contributed by atoms with Crippen LogP contribution in [0.15, 0.2) is 39.9 Å². The first kappa shape index (κ1) is 21.3. The number of aromatic amines is 1. The fourth-order valence-electron chi connectivity index (χ4n) is 4.73. The Morgan fingerprint density at radius 2 is 1.91 bits per heavy atom. The lowest BCUT2D eigenvalue weighted by Crippen LogP contribution is -2.33. The number of fused-ring (bicyclic) bond motifs is 2. The van der Waals surface area contributed by atoms with Crippen LogP contribution >= 0.6 is 15.9 Å². The van der Waals surface area contributed by atoms with E-state index in [1.54, 1.807) is 4.40 Å². The van der Waals surface area contributed by atoms with Gasteiger partial charge < -0.3 is 4.98 Å². The molecule has 32 heavy (non-hydrogen) atoms. The second-order valence-corrected chi connectivity index (χ2v) is 9.37. The van der Waals surface area contributed by atoms with Gasteiger partial charge in [-0.2, -0.15) is 0 Å². The molecule has 0 amide bonds. The summed E-state index contributed by atoms with van der Waals surface area (Å²) in [5, 5.41) is 9.00. The molecule has 168 valence electrons. The largest absolute Gasteiger partial charge is 0.327 e. The summed E-state index contributed by atoms with van der Waals surface area (Å²) in [6, 6.07) is 10.6. The van der Waals surface area contributed by atoms with E-state index in [-0.39, 0.29) is 11.5 Å². The number of unbranched alkanes of at least 4 members (excludes halogenated alkanes) is 2. The normalized spacial score (nSPS) is 15.8. The molecule has 1 aliphatic heterocycles. The Labute approximate surface area is 194 Å². The van der Waals surface area contributed by atoms with Crippen LogP contribution in [0.2, 0.25) is 0 Å². The molecule has 0 bridgehead atoms. The first-order chi connectivity index (χ1) is 15.7. The maximum atomic E-state index is 13.4. The highest BCUT2D eigenvalue weighted by Gasteiger charge is 2.27. The van der Waals surface area contributed by atoms with Gasteiger partial charge in [0.05, 0.1) is 0 Å². The average molecular weight is 498 g/mol. The van der Waals surface area contributed by atoms with Gasteiger partial charge in [-0.3, -0.25) is 14.3 Å². The Kier molecular flexibility index (Phi) is 6.10. The smallest absolute Gasteiger partial charge is 0.286 e. The molecule has 0 unspecified atom stereocenters. The van der Waals surface area contributed by atoms with Crippen molar-refractivity contribution in [1.29, 1.82) is 0 Å². The van der Waals surface area contributed by atoms with Crippen molar-refractivity contribution >= 4 is 32.9 Å². The van der Waals surface area contributed by atoms with Crippen LogP contribution < -0.4 is 5.56 Å². The van der Waals surface area contributed by atoms with Crippen LogP contribution in [0.3, 0.4) is 0 Å². The van der Waals surface area contributed by atoms with Crippen molar-refractivity contribution in [3.05, 3.63) is 56.8 Å². The molecule has 0 spiro atoms. The highest BCUT2D eigenvalue weighted by atomic mass is 79.9. The number of imidazole rings is 1. The minimum absolute atomic E-state index is 0.119. The van der Waals surface area contributed by atoms with Crippen LogP contribution in [0.4, 0.5) is 0 Å². The fourth-order valence-corrected chi connectivity index (χ4v) is 5.09. The molecule has 5 rings (SSSR count). The van der Waals surface area contributed by atoms with Gasteiger partial charge in [0.2, 0.25) is 5.78 Å². The lowest BCUT2D eigenvalue weighted by atomic mass is 9.95. The molecule has 1 aliphatic rings. The summed E-state index contributed by atoms with van der Waals surface area (Å²) in [6.07, 6.45) is 5.19. The predicted octanol–water partition coefficient (Wildman–Crippen LogP) is 4.10. The Morgan fingerprint density at radius 1 is 1.12 bits per heavy atom. The highest BCUT2D eigenvalue weighted by Crippen LogP contribution is 2.28.